The van der Waals surface area contributed by atoms with Crippen molar-refractivity contribution in [3.8, 4) is 0 Å². The quantitative estimate of drug-likeness (QED) is 0.276. The lowest BCUT2D eigenvalue weighted by atomic mass is 9.67. The van der Waals surface area contributed by atoms with Crippen molar-refractivity contribution in [1.82, 2.24) is 10.6 Å². The van der Waals surface area contributed by atoms with E-state index in [1.807, 2.05) is 12.3 Å². The van der Waals surface area contributed by atoms with Gasteiger partial charge in [0, 0.05) is 32.6 Å². The molecule has 7 heteroatoms. The third kappa shape index (κ3) is 7.77. The zero-order valence-electron chi connectivity index (χ0n) is 16.6. The van der Waals surface area contributed by atoms with Crippen molar-refractivity contribution in [2.24, 2.45) is 10.4 Å². The summed E-state index contributed by atoms with van der Waals surface area (Å²) in [5.74, 6) is 1.44. The lowest BCUT2D eigenvalue weighted by molar-refractivity contribution is 0.0732. The van der Waals surface area contributed by atoms with E-state index in [0.29, 0.717) is 12.0 Å². The zero-order valence-corrected chi connectivity index (χ0v) is 19.8. The molecule has 154 valence electrons. The van der Waals surface area contributed by atoms with Crippen molar-refractivity contribution in [2.75, 3.05) is 33.1 Å². The molecule has 2 N–H and O–H groups in total. The molecule has 0 radical (unpaired) electrons. The van der Waals surface area contributed by atoms with Crippen molar-refractivity contribution in [3.05, 3.63) is 35.1 Å². The summed E-state index contributed by atoms with van der Waals surface area (Å²) in [6.07, 6.45) is 6.91. The number of ether oxygens (including phenoxy) is 1. The summed E-state index contributed by atoms with van der Waals surface area (Å²) < 4.78 is 18.8. The fourth-order valence-electron chi connectivity index (χ4n) is 3.33. The van der Waals surface area contributed by atoms with E-state index in [0.717, 1.165) is 49.0 Å². The van der Waals surface area contributed by atoms with Gasteiger partial charge in [0.05, 0.1) is 6.54 Å². The first-order valence-corrected chi connectivity index (χ1v) is 10.8. The van der Waals surface area contributed by atoms with Crippen molar-refractivity contribution in [3.63, 3.8) is 0 Å². The van der Waals surface area contributed by atoms with Crippen LogP contribution in [0.1, 0.15) is 43.7 Å². The first kappa shape index (κ1) is 24.5. The number of hydrogen-bond donors (Lipinski definition) is 2. The summed E-state index contributed by atoms with van der Waals surface area (Å²) in [4.78, 5) is 4.73. The van der Waals surface area contributed by atoms with Crippen LogP contribution in [-0.2, 0) is 17.0 Å². The Morgan fingerprint density at radius 1 is 1.30 bits per heavy atom. The second-order valence-corrected chi connectivity index (χ2v) is 7.86. The first-order valence-electron chi connectivity index (χ1n) is 9.40. The van der Waals surface area contributed by atoms with Crippen LogP contribution >= 0.6 is 35.7 Å². The van der Waals surface area contributed by atoms with Crippen molar-refractivity contribution < 1.29 is 9.13 Å². The molecule has 1 aromatic carbocycles. The molecule has 0 unspecified atom stereocenters. The number of rotatable bonds is 10. The van der Waals surface area contributed by atoms with Crippen molar-refractivity contribution in [1.29, 1.82) is 0 Å². The maximum atomic E-state index is 13.5. The number of nitrogens with one attached hydrogen (secondary N) is 2. The largest absolute Gasteiger partial charge is 0.385 e. The lowest BCUT2D eigenvalue weighted by Gasteiger charge is -2.42. The highest BCUT2D eigenvalue weighted by Crippen LogP contribution is 2.43. The molecule has 0 aromatic heterocycles. The molecule has 0 spiro atoms. The third-order valence-electron chi connectivity index (χ3n) is 5.10. The average molecular weight is 509 g/mol. The molecule has 0 bridgehead atoms. The molecule has 0 aliphatic heterocycles. The van der Waals surface area contributed by atoms with Gasteiger partial charge in [-0.3, -0.25) is 0 Å². The number of thioether (sulfide) groups is 1. The Hall–Kier alpha value is -0.540. The molecule has 2 rings (SSSR count). The van der Waals surface area contributed by atoms with Gasteiger partial charge in [0.15, 0.2) is 5.96 Å². The van der Waals surface area contributed by atoms with Gasteiger partial charge in [0.2, 0.25) is 0 Å². The van der Waals surface area contributed by atoms with Gasteiger partial charge < -0.3 is 15.4 Å². The van der Waals surface area contributed by atoms with Crippen LogP contribution in [0.2, 0.25) is 0 Å². The minimum Gasteiger partial charge on any atom is -0.385 e. The number of aliphatic imine (C=N–C) groups is 1. The molecule has 1 fully saturated rings. The lowest BCUT2D eigenvalue weighted by Crippen LogP contribution is -2.47. The molecule has 0 atom stereocenters. The maximum absolute atomic E-state index is 13.5. The van der Waals surface area contributed by atoms with Crippen LogP contribution < -0.4 is 10.6 Å². The monoisotopic (exact) mass is 509 g/mol. The molecular formula is C20H33FIN3OS. The Morgan fingerprint density at radius 3 is 2.67 bits per heavy atom. The van der Waals surface area contributed by atoms with Gasteiger partial charge in [0.25, 0.3) is 0 Å². The predicted molar refractivity (Wildman–Crippen MR) is 125 cm³/mol. The number of methoxy groups -OCH3 is 1. The SMILES string of the molecule is CCNC(=NCc1ccc(F)cc1CSC)NCC1(CCOC)CCC1.I. The van der Waals surface area contributed by atoms with Gasteiger partial charge >= 0.3 is 0 Å². The van der Waals surface area contributed by atoms with Gasteiger partial charge in [-0.1, -0.05) is 12.5 Å². The predicted octanol–water partition coefficient (Wildman–Crippen LogP) is 4.57. The van der Waals surface area contributed by atoms with Gasteiger partial charge in [-0.2, -0.15) is 11.8 Å². The van der Waals surface area contributed by atoms with Gasteiger partial charge in [-0.15, -0.1) is 24.0 Å². The number of benzene rings is 1. The van der Waals surface area contributed by atoms with E-state index in [-0.39, 0.29) is 29.8 Å². The Labute approximate surface area is 184 Å². The van der Waals surface area contributed by atoms with Crippen LogP contribution in [0.3, 0.4) is 0 Å². The Balaban J connectivity index is 0.00000364. The number of nitrogens with zero attached hydrogens (tertiary/aromatic N) is 1. The molecule has 4 nitrogen and oxygen atoms in total. The highest BCUT2D eigenvalue weighted by molar-refractivity contribution is 14.0. The number of guanidine groups is 1. The summed E-state index contributed by atoms with van der Waals surface area (Å²) in [6.45, 7) is 5.17. The van der Waals surface area contributed by atoms with E-state index in [9.17, 15) is 4.39 Å². The standard InChI is InChI=1S/C20H32FN3OS.HI/c1-4-22-19(24-15-20(8-5-9-20)10-11-25-2)23-13-16-6-7-18(21)12-17(16)14-26-3;/h6-7,12H,4-5,8-11,13-15H2,1-3H3,(H2,22,23,24);1H. The maximum Gasteiger partial charge on any atom is 0.191 e. The van der Waals surface area contributed by atoms with Crippen LogP contribution in [0.25, 0.3) is 0 Å². The van der Waals surface area contributed by atoms with Crippen LogP contribution in [-0.4, -0.2) is 39.0 Å². The van der Waals surface area contributed by atoms with Gasteiger partial charge in [-0.05, 0) is 61.1 Å². The first-order chi connectivity index (χ1) is 12.6. The van der Waals surface area contributed by atoms with E-state index in [2.05, 4.69) is 17.6 Å². The second-order valence-electron chi connectivity index (χ2n) is 6.99. The molecule has 1 aromatic rings. The zero-order chi connectivity index (χ0) is 18.8. The molecule has 27 heavy (non-hydrogen) atoms. The Kier molecular flexibility index (Phi) is 11.6. The normalized spacial score (nSPS) is 15.6. The van der Waals surface area contributed by atoms with E-state index in [1.54, 1.807) is 24.9 Å². The third-order valence-corrected chi connectivity index (χ3v) is 5.70. The molecule has 0 saturated heterocycles. The highest BCUT2D eigenvalue weighted by Gasteiger charge is 2.36. The summed E-state index contributed by atoms with van der Waals surface area (Å²) in [5.41, 5.74) is 2.44. The summed E-state index contributed by atoms with van der Waals surface area (Å²) in [5, 5.41) is 6.83. The topological polar surface area (TPSA) is 45.7 Å². The van der Waals surface area contributed by atoms with Crippen LogP contribution in [0, 0.1) is 11.2 Å². The molecular weight excluding hydrogens is 476 g/mol. The van der Waals surface area contributed by atoms with Crippen LogP contribution in [0.5, 0.6) is 0 Å². The fraction of sp³-hybridized carbons (Fsp3) is 0.650. The van der Waals surface area contributed by atoms with Gasteiger partial charge in [0.1, 0.15) is 5.82 Å². The minimum atomic E-state index is -0.183. The minimum absolute atomic E-state index is 0. The average Bonchev–Trinajstić information content (AvgIpc) is 2.60. The smallest absolute Gasteiger partial charge is 0.191 e. The van der Waals surface area contributed by atoms with E-state index >= 15 is 0 Å². The van der Waals surface area contributed by atoms with Crippen molar-refractivity contribution >= 4 is 41.7 Å². The molecule has 1 aliphatic carbocycles. The van der Waals surface area contributed by atoms with E-state index in [4.69, 9.17) is 9.73 Å². The van der Waals surface area contributed by atoms with Crippen LogP contribution in [0.4, 0.5) is 4.39 Å². The van der Waals surface area contributed by atoms with E-state index < -0.39 is 0 Å². The molecule has 1 saturated carbocycles. The molecule has 0 amide bonds. The van der Waals surface area contributed by atoms with Crippen LogP contribution in [0.15, 0.2) is 23.2 Å². The van der Waals surface area contributed by atoms with Crippen molar-refractivity contribution in [2.45, 2.75) is 44.9 Å². The number of hydrogen-bond acceptors (Lipinski definition) is 3. The molecule has 1 aliphatic rings. The summed E-state index contributed by atoms with van der Waals surface area (Å²) in [7, 11) is 1.76. The fourth-order valence-corrected chi connectivity index (χ4v) is 3.91. The summed E-state index contributed by atoms with van der Waals surface area (Å²) >= 11 is 1.70. The van der Waals surface area contributed by atoms with E-state index in [1.165, 1.54) is 25.3 Å². The highest BCUT2D eigenvalue weighted by atomic mass is 127. The summed E-state index contributed by atoms with van der Waals surface area (Å²) in [6, 6.07) is 4.99. The Bertz CT molecular complexity index is 597. The Morgan fingerprint density at radius 2 is 2.07 bits per heavy atom. The second kappa shape index (κ2) is 12.8. The van der Waals surface area contributed by atoms with Gasteiger partial charge in [-0.25, -0.2) is 9.38 Å². The molecule has 0 heterocycles. The number of halogens is 2.